The SMILES string of the molecule is CCn1cc(C(=O)OB(F)F)c(=O)c2cc(F)c(F)c(F)c21. The Morgan fingerprint density at radius 1 is 1.27 bits per heavy atom. The Hall–Kier alpha value is -2.39. The average molecular weight is 319 g/mol. The lowest BCUT2D eigenvalue weighted by Gasteiger charge is -2.12. The maximum absolute atomic E-state index is 13.8. The number of aromatic nitrogens is 1. The van der Waals surface area contributed by atoms with Crippen LogP contribution < -0.4 is 5.43 Å². The van der Waals surface area contributed by atoms with E-state index >= 15 is 0 Å². The maximum atomic E-state index is 13.8. The largest absolute Gasteiger partial charge is 0.798 e. The molecule has 0 N–H and O–H groups in total. The van der Waals surface area contributed by atoms with E-state index in [1.54, 1.807) is 0 Å². The lowest BCUT2D eigenvalue weighted by atomic mass is 10.1. The molecule has 1 aromatic heterocycles. The first-order valence-corrected chi connectivity index (χ1v) is 5.97. The molecule has 0 saturated heterocycles. The highest BCUT2D eigenvalue weighted by atomic mass is 19.2. The third-order valence-electron chi connectivity index (χ3n) is 2.95. The number of hydrogen-bond donors (Lipinski definition) is 0. The van der Waals surface area contributed by atoms with Gasteiger partial charge in [0.15, 0.2) is 17.5 Å². The molecular weight excluding hydrogens is 312 g/mol. The molecule has 22 heavy (non-hydrogen) atoms. The maximum Gasteiger partial charge on any atom is 0.798 e. The summed E-state index contributed by atoms with van der Waals surface area (Å²) >= 11 is 0. The van der Waals surface area contributed by atoms with Crippen molar-refractivity contribution in [1.29, 1.82) is 0 Å². The molecule has 0 saturated carbocycles. The van der Waals surface area contributed by atoms with Crippen LogP contribution in [0.15, 0.2) is 17.1 Å². The van der Waals surface area contributed by atoms with Crippen LogP contribution in [-0.2, 0) is 11.2 Å². The van der Waals surface area contributed by atoms with Crippen molar-refractivity contribution in [1.82, 2.24) is 4.57 Å². The first-order valence-electron chi connectivity index (χ1n) is 5.97. The van der Waals surface area contributed by atoms with E-state index in [0.717, 1.165) is 10.8 Å². The van der Waals surface area contributed by atoms with E-state index in [2.05, 4.69) is 4.65 Å². The number of hydrogen-bond acceptors (Lipinski definition) is 3. The van der Waals surface area contributed by atoms with Gasteiger partial charge in [-0.15, -0.1) is 0 Å². The van der Waals surface area contributed by atoms with Gasteiger partial charge in [0, 0.05) is 12.7 Å². The fourth-order valence-electron chi connectivity index (χ4n) is 2.00. The molecule has 2 aromatic rings. The van der Waals surface area contributed by atoms with Crippen molar-refractivity contribution >= 4 is 24.3 Å². The van der Waals surface area contributed by atoms with Gasteiger partial charge in [-0.05, 0) is 13.0 Å². The molecule has 0 unspecified atom stereocenters. The predicted octanol–water partition coefficient (Wildman–Crippen LogP) is 2.52. The predicted molar refractivity (Wildman–Crippen MR) is 67.1 cm³/mol. The van der Waals surface area contributed by atoms with Gasteiger partial charge in [-0.2, -0.15) is 0 Å². The Bertz CT molecular complexity index is 821. The van der Waals surface area contributed by atoms with Crippen LogP contribution in [0.5, 0.6) is 0 Å². The molecule has 0 aliphatic rings. The summed E-state index contributed by atoms with van der Waals surface area (Å²) in [7, 11) is -3.46. The summed E-state index contributed by atoms with van der Waals surface area (Å²) in [6.45, 7) is 1.43. The molecule has 10 heteroatoms. The fourth-order valence-corrected chi connectivity index (χ4v) is 2.00. The summed E-state index contributed by atoms with van der Waals surface area (Å²) in [5.41, 5.74) is -2.64. The molecule has 2 rings (SSSR count). The Morgan fingerprint density at radius 2 is 1.91 bits per heavy atom. The Kier molecular flexibility index (Phi) is 4.20. The molecule has 0 bridgehead atoms. The molecule has 0 aliphatic heterocycles. The monoisotopic (exact) mass is 319 g/mol. The summed E-state index contributed by atoms with van der Waals surface area (Å²) < 4.78 is 69.0. The highest BCUT2D eigenvalue weighted by molar-refractivity contribution is 6.38. The van der Waals surface area contributed by atoms with Gasteiger partial charge in [0.2, 0.25) is 5.43 Å². The number of aryl methyl sites for hydroxylation is 1. The highest BCUT2D eigenvalue weighted by Crippen LogP contribution is 2.22. The van der Waals surface area contributed by atoms with Crippen LogP contribution in [-0.4, -0.2) is 18.0 Å². The standard InChI is InChI=1S/C12H7BF5NO3/c1-2-19-4-6(12(21)22-13(17)18)11(20)5-3-7(14)8(15)9(16)10(5)19/h3-4H,2H2,1H3. The lowest BCUT2D eigenvalue weighted by molar-refractivity contribution is 0.0693. The molecule has 1 aromatic carbocycles. The van der Waals surface area contributed by atoms with Gasteiger partial charge in [-0.3, -0.25) is 4.79 Å². The fraction of sp³-hybridized carbons (Fsp3) is 0.167. The van der Waals surface area contributed by atoms with Crippen molar-refractivity contribution in [3.8, 4) is 0 Å². The first kappa shape index (κ1) is 16.0. The summed E-state index contributed by atoms with van der Waals surface area (Å²) in [6.07, 6.45) is 0.760. The first-order chi connectivity index (χ1) is 10.3. The third-order valence-corrected chi connectivity index (χ3v) is 2.95. The second-order valence-corrected chi connectivity index (χ2v) is 4.21. The van der Waals surface area contributed by atoms with E-state index in [0.29, 0.717) is 6.07 Å². The summed E-state index contributed by atoms with van der Waals surface area (Å²) in [6, 6.07) is 0.404. The molecular formula is C12H7BF5NO3. The van der Waals surface area contributed by atoms with Crippen molar-refractivity contribution < 1.29 is 31.3 Å². The van der Waals surface area contributed by atoms with Crippen molar-refractivity contribution in [2.75, 3.05) is 0 Å². The lowest BCUT2D eigenvalue weighted by Crippen LogP contribution is -2.24. The van der Waals surface area contributed by atoms with Crippen molar-refractivity contribution in [3.05, 3.63) is 45.5 Å². The normalized spacial score (nSPS) is 10.8. The highest BCUT2D eigenvalue weighted by Gasteiger charge is 2.27. The van der Waals surface area contributed by atoms with Crippen LogP contribution in [0.25, 0.3) is 10.9 Å². The van der Waals surface area contributed by atoms with Crippen molar-refractivity contribution in [3.63, 3.8) is 0 Å². The van der Waals surface area contributed by atoms with Crippen molar-refractivity contribution in [2.24, 2.45) is 0 Å². The number of pyridine rings is 1. The number of fused-ring (bicyclic) bond motifs is 1. The molecule has 1 heterocycles. The topological polar surface area (TPSA) is 48.3 Å². The van der Waals surface area contributed by atoms with Gasteiger partial charge in [-0.1, -0.05) is 0 Å². The number of benzene rings is 1. The minimum atomic E-state index is -3.46. The Morgan fingerprint density at radius 3 is 2.45 bits per heavy atom. The van der Waals surface area contributed by atoms with E-state index in [9.17, 15) is 31.4 Å². The van der Waals surface area contributed by atoms with E-state index in [4.69, 9.17) is 0 Å². The third kappa shape index (κ3) is 2.56. The van der Waals surface area contributed by atoms with Gasteiger partial charge >= 0.3 is 13.4 Å². The zero-order valence-corrected chi connectivity index (χ0v) is 11.0. The van der Waals surface area contributed by atoms with E-state index in [1.807, 2.05) is 0 Å². The van der Waals surface area contributed by atoms with Gasteiger partial charge < -0.3 is 9.22 Å². The van der Waals surface area contributed by atoms with Gasteiger partial charge in [0.25, 0.3) is 0 Å². The van der Waals surface area contributed by atoms with E-state index in [-0.39, 0.29) is 6.54 Å². The van der Waals surface area contributed by atoms with Gasteiger partial charge in [0.1, 0.15) is 5.56 Å². The molecule has 116 valence electrons. The van der Waals surface area contributed by atoms with Crippen molar-refractivity contribution in [2.45, 2.75) is 13.5 Å². The summed E-state index contributed by atoms with van der Waals surface area (Å²) in [5.74, 6) is -6.67. The van der Waals surface area contributed by atoms with Crippen LogP contribution in [0.3, 0.4) is 0 Å². The number of nitrogens with zero attached hydrogens (tertiary/aromatic N) is 1. The second kappa shape index (κ2) is 5.78. The summed E-state index contributed by atoms with van der Waals surface area (Å²) in [4.78, 5) is 23.5. The minimum Gasteiger partial charge on any atom is -0.474 e. The number of rotatable bonds is 3. The van der Waals surface area contributed by atoms with E-state index in [1.165, 1.54) is 6.92 Å². The number of halogens is 5. The summed E-state index contributed by atoms with van der Waals surface area (Å²) in [5, 5.41) is -0.651. The molecule has 0 fully saturated rings. The van der Waals surface area contributed by atoms with Crippen LogP contribution in [0.1, 0.15) is 17.3 Å². The molecule has 0 aliphatic carbocycles. The Balaban J connectivity index is 2.84. The van der Waals surface area contributed by atoms with Crippen LogP contribution in [0, 0.1) is 17.5 Å². The molecule has 0 radical (unpaired) electrons. The zero-order chi connectivity index (χ0) is 16.6. The molecule has 0 spiro atoms. The van der Waals surface area contributed by atoms with Gasteiger partial charge in [0.05, 0.1) is 10.9 Å². The number of carbonyl (C=O) groups excluding carboxylic acids is 1. The van der Waals surface area contributed by atoms with Crippen LogP contribution in [0.4, 0.5) is 21.8 Å². The van der Waals surface area contributed by atoms with Crippen LogP contribution in [0.2, 0.25) is 0 Å². The molecule has 0 amide bonds. The van der Waals surface area contributed by atoms with E-state index < -0.39 is 52.8 Å². The molecule has 0 atom stereocenters. The second-order valence-electron chi connectivity index (χ2n) is 4.21. The van der Waals surface area contributed by atoms with Gasteiger partial charge in [-0.25, -0.2) is 26.6 Å². The average Bonchev–Trinajstić information content (AvgIpc) is 2.45. The quantitative estimate of drug-likeness (QED) is 0.496. The zero-order valence-electron chi connectivity index (χ0n) is 11.0. The van der Waals surface area contributed by atoms with Crippen LogP contribution >= 0.6 is 0 Å². The molecule has 4 nitrogen and oxygen atoms in total. The Labute approximate surface area is 120 Å². The smallest absolute Gasteiger partial charge is 0.474 e. The minimum absolute atomic E-state index is 0.0340. The number of carbonyl (C=O) groups is 1.